The van der Waals surface area contributed by atoms with Crippen LogP contribution in [0.1, 0.15) is 54.5 Å². The first-order chi connectivity index (χ1) is 14.3. The van der Waals surface area contributed by atoms with Crippen molar-refractivity contribution in [2.24, 2.45) is 9.98 Å². The van der Waals surface area contributed by atoms with Crippen molar-refractivity contribution in [3.63, 3.8) is 0 Å². The van der Waals surface area contributed by atoms with Crippen molar-refractivity contribution < 1.29 is 0 Å². The van der Waals surface area contributed by atoms with E-state index in [1.54, 1.807) is 0 Å². The molecular weight excluding hydrogens is 366 g/mol. The molecule has 29 heavy (non-hydrogen) atoms. The van der Waals surface area contributed by atoms with Gasteiger partial charge in [0.2, 0.25) is 5.82 Å². The first-order valence-corrected chi connectivity index (χ1v) is 10.2. The lowest BCUT2D eigenvalue weighted by Crippen LogP contribution is -2.39. The summed E-state index contributed by atoms with van der Waals surface area (Å²) in [6, 6.07) is 10.6. The van der Waals surface area contributed by atoms with E-state index in [0.717, 1.165) is 30.3 Å². The van der Waals surface area contributed by atoms with Crippen molar-refractivity contribution >= 4 is 17.5 Å². The molecule has 1 aliphatic carbocycles. The SMILES string of the molecule is c1ccc(C[C@@H]2CN3C(c4nnn[nH]4)=Nc4nc(C5CCCC5)[nH]c4C3=N2)cc1. The summed E-state index contributed by atoms with van der Waals surface area (Å²) in [6.07, 6.45) is 5.77. The minimum Gasteiger partial charge on any atom is -0.337 e. The third-order valence-electron chi connectivity index (χ3n) is 5.96. The molecule has 6 rings (SSSR count). The van der Waals surface area contributed by atoms with Gasteiger partial charge in [-0.15, -0.1) is 5.10 Å². The van der Waals surface area contributed by atoms with Crippen LogP contribution >= 0.6 is 0 Å². The van der Waals surface area contributed by atoms with Crippen LogP contribution in [0.3, 0.4) is 0 Å². The molecule has 9 nitrogen and oxygen atoms in total. The van der Waals surface area contributed by atoms with Crippen molar-refractivity contribution in [3.8, 4) is 0 Å². The molecule has 9 heteroatoms. The number of nitrogens with zero attached hydrogens (tertiary/aromatic N) is 7. The molecule has 2 N–H and O–H groups in total. The first-order valence-electron chi connectivity index (χ1n) is 10.2. The zero-order valence-corrected chi connectivity index (χ0v) is 15.9. The topological polar surface area (TPSA) is 111 Å². The van der Waals surface area contributed by atoms with Gasteiger partial charge in [0.25, 0.3) is 0 Å². The predicted molar refractivity (Wildman–Crippen MR) is 107 cm³/mol. The Balaban J connectivity index is 1.40. The van der Waals surface area contributed by atoms with Crippen LogP contribution in [0.2, 0.25) is 0 Å². The van der Waals surface area contributed by atoms with E-state index in [9.17, 15) is 0 Å². The number of hydrogen-bond donors (Lipinski definition) is 2. The lowest BCUT2D eigenvalue weighted by molar-refractivity contribution is 0.565. The molecule has 0 unspecified atom stereocenters. The van der Waals surface area contributed by atoms with E-state index in [-0.39, 0.29) is 6.04 Å². The zero-order valence-electron chi connectivity index (χ0n) is 15.9. The number of aliphatic imine (C=N–C) groups is 2. The summed E-state index contributed by atoms with van der Waals surface area (Å²) in [5.41, 5.74) is 2.19. The Bertz CT molecular complexity index is 1070. The number of benzene rings is 1. The van der Waals surface area contributed by atoms with Gasteiger partial charge >= 0.3 is 0 Å². The maximum atomic E-state index is 5.05. The van der Waals surface area contributed by atoms with Gasteiger partial charge in [0.05, 0.1) is 6.04 Å². The molecule has 3 aliphatic rings. The van der Waals surface area contributed by atoms with Crippen LogP contribution in [0.4, 0.5) is 5.82 Å². The number of aromatic nitrogens is 6. The van der Waals surface area contributed by atoms with E-state index in [2.05, 4.69) is 54.8 Å². The van der Waals surface area contributed by atoms with E-state index >= 15 is 0 Å². The van der Waals surface area contributed by atoms with Crippen LogP contribution in [0, 0.1) is 0 Å². The van der Waals surface area contributed by atoms with Gasteiger partial charge in [0.15, 0.2) is 17.5 Å². The molecule has 1 fully saturated rings. The summed E-state index contributed by atoms with van der Waals surface area (Å²) in [7, 11) is 0. The van der Waals surface area contributed by atoms with E-state index in [4.69, 9.17) is 15.0 Å². The molecule has 1 aromatic carbocycles. The van der Waals surface area contributed by atoms with Gasteiger partial charge in [-0.3, -0.25) is 4.99 Å². The highest BCUT2D eigenvalue weighted by Gasteiger charge is 2.38. The maximum Gasteiger partial charge on any atom is 0.215 e. The number of hydrogen-bond acceptors (Lipinski definition) is 7. The quantitative estimate of drug-likeness (QED) is 0.714. The Kier molecular flexibility index (Phi) is 3.78. The van der Waals surface area contributed by atoms with Crippen molar-refractivity contribution in [2.45, 2.75) is 44.1 Å². The average Bonchev–Trinajstić information content (AvgIpc) is 3.53. The van der Waals surface area contributed by atoms with Crippen LogP contribution in [-0.2, 0) is 6.42 Å². The summed E-state index contributed by atoms with van der Waals surface area (Å²) in [5.74, 6) is 4.31. The number of amidine groups is 2. The third kappa shape index (κ3) is 2.84. The highest BCUT2D eigenvalue weighted by molar-refractivity contribution is 6.18. The number of aromatic amines is 2. The summed E-state index contributed by atoms with van der Waals surface area (Å²) >= 11 is 0. The maximum absolute atomic E-state index is 5.05. The van der Waals surface area contributed by atoms with Gasteiger partial charge in [0, 0.05) is 12.5 Å². The van der Waals surface area contributed by atoms with Gasteiger partial charge in [-0.2, -0.15) is 0 Å². The highest BCUT2D eigenvalue weighted by Crippen LogP contribution is 2.37. The molecule has 1 saturated carbocycles. The fourth-order valence-corrected chi connectivity index (χ4v) is 4.57. The first kappa shape index (κ1) is 16.6. The zero-order chi connectivity index (χ0) is 19.2. The smallest absolute Gasteiger partial charge is 0.215 e. The minimum absolute atomic E-state index is 0.137. The minimum atomic E-state index is 0.137. The molecule has 0 saturated heterocycles. The van der Waals surface area contributed by atoms with Crippen LogP contribution in [-0.4, -0.2) is 59.7 Å². The Labute approximate surface area is 167 Å². The number of fused-ring (bicyclic) bond motifs is 3. The summed E-state index contributed by atoms with van der Waals surface area (Å²) in [4.78, 5) is 20.3. The molecule has 0 radical (unpaired) electrons. The Hall–Kier alpha value is -3.36. The molecule has 0 amide bonds. The second kappa shape index (κ2) is 6.61. The second-order valence-electron chi connectivity index (χ2n) is 7.89. The number of imidazole rings is 1. The van der Waals surface area contributed by atoms with Gasteiger partial charge in [0.1, 0.15) is 11.5 Å². The third-order valence-corrected chi connectivity index (χ3v) is 5.96. The largest absolute Gasteiger partial charge is 0.337 e. The van der Waals surface area contributed by atoms with Crippen LogP contribution in [0.5, 0.6) is 0 Å². The highest BCUT2D eigenvalue weighted by atomic mass is 15.5. The average molecular weight is 387 g/mol. The van der Waals surface area contributed by atoms with Crippen LogP contribution in [0.25, 0.3) is 0 Å². The molecule has 0 spiro atoms. The normalized spacial score (nSPS) is 21.1. The predicted octanol–water partition coefficient (Wildman–Crippen LogP) is 2.35. The molecular formula is C20H21N9. The summed E-state index contributed by atoms with van der Waals surface area (Å²) in [5, 5.41) is 14.4. The lowest BCUT2D eigenvalue weighted by atomic mass is 10.1. The molecule has 2 aromatic heterocycles. The van der Waals surface area contributed by atoms with Gasteiger partial charge in [-0.1, -0.05) is 43.2 Å². The Morgan fingerprint density at radius 2 is 1.93 bits per heavy atom. The lowest BCUT2D eigenvalue weighted by Gasteiger charge is -2.23. The van der Waals surface area contributed by atoms with E-state index in [1.807, 2.05) is 6.07 Å². The van der Waals surface area contributed by atoms with Gasteiger partial charge in [-0.05, 0) is 35.3 Å². The second-order valence-corrected chi connectivity index (χ2v) is 7.89. The molecule has 3 aromatic rings. The number of rotatable bonds is 4. The Morgan fingerprint density at radius 3 is 2.72 bits per heavy atom. The van der Waals surface area contributed by atoms with Crippen molar-refractivity contribution in [3.05, 3.63) is 53.2 Å². The fourth-order valence-electron chi connectivity index (χ4n) is 4.57. The van der Waals surface area contributed by atoms with Crippen molar-refractivity contribution in [1.29, 1.82) is 0 Å². The van der Waals surface area contributed by atoms with E-state index in [0.29, 0.717) is 23.4 Å². The summed E-state index contributed by atoms with van der Waals surface area (Å²) < 4.78 is 0. The fraction of sp³-hybridized carbons (Fsp3) is 0.400. The van der Waals surface area contributed by atoms with E-state index < -0.39 is 0 Å². The van der Waals surface area contributed by atoms with Crippen LogP contribution in [0.15, 0.2) is 40.3 Å². The molecule has 146 valence electrons. The van der Waals surface area contributed by atoms with Crippen LogP contribution < -0.4 is 0 Å². The summed E-state index contributed by atoms with van der Waals surface area (Å²) in [6.45, 7) is 0.737. The molecule has 4 heterocycles. The number of tetrazole rings is 1. The van der Waals surface area contributed by atoms with Crippen molar-refractivity contribution in [2.75, 3.05) is 6.54 Å². The standard InChI is InChI=1S/C20H21N9/c1-2-6-12(7-3-1)10-14-11-29-19(21-14)15-17(24-20(29)18-25-27-28-26-18)23-16(22-15)13-8-4-5-9-13/h1-3,6-7,13-14H,4-5,8-11H2,(H,22,23)(H,25,26,27,28)/t14-/m1/s1. The van der Waals surface area contributed by atoms with Gasteiger partial charge in [-0.25, -0.2) is 15.1 Å². The van der Waals surface area contributed by atoms with E-state index in [1.165, 1.54) is 31.2 Å². The molecule has 2 aliphatic heterocycles. The van der Waals surface area contributed by atoms with Gasteiger partial charge < -0.3 is 9.88 Å². The molecule has 1 atom stereocenters. The number of H-pyrrole nitrogens is 2. The monoisotopic (exact) mass is 387 g/mol. The number of nitrogens with one attached hydrogen (secondary N) is 2. The van der Waals surface area contributed by atoms with Crippen molar-refractivity contribution in [1.82, 2.24) is 35.5 Å². The molecule has 0 bridgehead atoms. The Morgan fingerprint density at radius 1 is 1.07 bits per heavy atom.